The molecular formula is C13H20N2O. The quantitative estimate of drug-likeness (QED) is 0.829. The van der Waals surface area contributed by atoms with Gasteiger partial charge in [-0.25, -0.2) is 4.98 Å². The van der Waals surface area contributed by atoms with Crippen molar-refractivity contribution in [2.75, 3.05) is 18.0 Å². The molecule has 16 heavy (non-hydrogen) atoms. The van der Waals surface area contributed by atoms with E-state index in [2.05, 4.69) is 23.7 Å². The van der Waals surface area contributed by atoms with Crippen LogP contribution in [0.25, 0.3) is 0 Å². The predicted molar refractivity (Wildman–Crippen MR) is 65.5 cm³/mol. The van der Waals surface area contributed by atoms with E-state index in [-0.39, 0.29) is 6.61 Å². The van der Waals surface area contributed by atoms with E-state index in [4.69, 9.17) is 0 Å². The number of aliphatic hydroxyl groups excluding tert-OH is 1. The molecule has 2 heterocycles. The number of aliphatic hydroxyl groups is 1. The van der Waals surface area contributed by atoms with Crippen LogP contribution in [-0.2, 0) is 6.61 Å². The SMILES string of the molecule is Cc1cc(CO)cc(N2CCC(C)(C)C2)n1. The lowest BCUT2D eigenvalue weighted by atomic mass is 9.93. The number of rotatable bonds is 2. The predicted octanol–water partition coefficient (Wildman–Crippen LogP) is 2.12. The van der Waals surface area contributed by atoms with Crippen molar-refractivity contribution >= 4 is 5.82 Å². The van der Waals surface area contributed by atoms with Gasteiger partial charge in [-0.15, -0.1) is 0 Å². The fourth-order valence-electron chi connectivity index (χ4n) is 2.28. The summed E-state index contributed by atoms with van der Waals surface area (Å²) in [5.74, 6) is 1.01. The first-order valence-corrected chi connectivity index (χ1v) is 5.83. The smallest absolute Gasteiger partial charge is 0.129 e. The molecular weight excluding hydrogens is 200 g/mol. The van der Waals surface area contributed by atoms with Crippen LogP contribution in [-0.4, -0.2) is 23.2 Å². The van der Waals surface area contributed by atoms with Crippen molar-refractivity contribution < 1.29 is 5.11 Å². The molecule has 0 unspecified atom stereocenters. The van der Waals surface area contributed by atoms with Crippen molar-refractivity contribution in [2.45, 2.75) is 33.8 Å². The Morgan fingerprint density at radius 2 is 2.19 bits per heavy atom. The maximum absolute atomic E-state index is 9.19. The van der Waals surface area contributed by atoms with E-state index in [9.17, 15) is 5.11 Å². The second-order valence-corrected chi connectivity index (χ2v) is 5.47. The normalized spacial score (nSPS) is 19.1. The van der Waals surface area contributed by atoms with Gasteiger partial charge in [0.25, 0.3) is 0 Å². The van der Waals surface area contributed by atoms with Gasteiger partial charge in [0.1, 0.15) is 5.82 Å². The Morgan fingerprint density at radius 1 is 1.44 bits per heavy atom. The van der Waals surface area contributed by atoms with Crippen LogP contribution < -0.4 is 4.90 Å². The molecule has 1 N–H and O–H groups in total. The molecule has 0 atom stereocenters. The molecule has 0 radical (unpaired) electrons. The molecule has 1 aliphatic heterocycles. The van der Waals surface area contributed by atoms with E-state index in [0.717, 1.165) is 30.2 Å². The van der Waals surface area contributed by atoms with Crippen molar-refractivity contribution in [3.63, 3.8) is 0 Å². The maximum atomic E-state index is 9.19. The number of hydrogen-bond donors (Lipinski definition) is 1. The van der Waals surface area contributed by atoms with Crippen molar-refractivity contribution in [3.8, 4) is 0 Å². The van der Waals surface area contributed by atoms with E-state index in [1.165, 1.54) is 6.42 Å². The van der Waals surface area contributed by atoms with Crippen molar-refractivity contribution in [1.82, 2.24) is 4.98 Å². The van der Waals surface area contributed by atoms with Gasteiger partial charge in [0.05, 0.1) is 6.61 Å². The average molecular weight is 220 g/mol. The highest BCUT2D eigenvalue weighted by Gasteiger charge is 2.29. The van der Waals surface area contributed by atoms with Gasteiger partial charge in [0, 0.05) is 18.8 Å². The van der Waals surface area contributed by atoms with Crippen LogP contribution in [0, 0.1) is 12.3 Å². The van der Waals surface area contributed by atoms with Crippen LogP contribution in [0.5, 0.6) is 0 Å². The molecule has 0 aromatic carbocycles. The number of pyridine rings is 1. The number of aromatic nitrogens is 1. The molecule has 1 saturated heterocycles. The molecule has 3 heteroatoms. The Hall–Kier alpha value is -1.09. The lowest BCUT2D eigenvalue weighted by molar-refractivity contribution is 0.281. The van der Waals surface area contributed by atoms with E-state index in [1.807, 2.05) is 19.1 Å². The van der Waals surface area contributed by atoms with Gasteiger partial charge in [-0.2, -0.15) is 0 Å². The topological polar surface area (TPSA) is 36.4 Å². The molecule has 1 fully saturated rings. The third-order valence-electron chi connectivity index (χ3n) is 3.18. The lowest BCUT2D eigenvalue weighted by Crippen LogP contribution is -2.23. The van der Waals surface area contributed by atoms with Gasteiger partial charge in [0.2, 0.25) is 0 Å². The minimum absolute atomic E-state index is 0.0909. The number of aryl methyl sites for hydroxylation is 1. The first-order chi connectivity index (χ1) is 7.50. The monoisotopic (exact) mass is 220 g/mol. The number of anilines is 1. The zero-order chi connectivity index (χ0) is 11.8. The number of nitrogens with zero attached hydrogens (tertiary/aromatic N) is 2. The average Bonchev–Trinajstić information content (AvgIpc) is 2.58. The van der Waals surface area contributed by atoms with E-state index in [0.29, 0.717) is 5.41 Å². The number of hydrogen-bond acceptors (Lipinski definition) is 3. The fourth-order valence-corrected chi connectivity index (χ4v) is 2.28. The van der Waals surface area contributed by atoms with E-state index in [1.54, 1.807) is 0 Å². The third-order valence-corrected chi connectivity index (χ3v) is 3.18. The molecule has 0 amide bonds. The highest BCUT2D eigenvalue weighted by Crippen LogP contribution is 2.31. The fraction of sp³-hybridized carbons (Fsp3) is 0.615. The van der Waals surface area contributed by atoms with Gasteiger partial charge in [-0.1, -0.05) is 13.8 Å². The summed E-state index contributed by atoms with van der Waals surface area (Å²) >= 11 is 0. The molecule has 88 valence electrons. The Balaban J connectivity index is 2.24. The first kappa shape index (κ1) is 11.4. The summed E-state index contributed by atoms with van der Waals surface area (Å²) in [5.41, 5.74) is 2.31. The minimum atomic E-state index is 0.0909. The molecule has 1 aliphatic rings. The molecule has 0 spiro atoms. The summed E-state index contributed by atoms with van der Waals surface area (Å²) in [7, 11) is 0. The summed E-state index contributed by atoms with van der Waals surface area (Å²) in [4.78, 5) is 6.86. The third kappa shape index (κ3) is 2.35. The first-order valence-electron chi connectivity index (χ1n) is 5.83. The summed E-state index contributed by atoms with van der Waals surface area (Å²) in [6.45, 7) is 8.76. The van der Waals surface area contributed by atoms with Crippen LogP contribution in [0.1, 0.15) is 31.5 Å². The largest absolute Gasteiger partial charge is 0.392 e. The van der Waals surface area contributed by atoms with Crippen LogP contribution in [0.15, 0.2) is 12.1 Å². The highest BCUT2D eigenvalue weighted by atomic mass is 16.3. The molecule has 2 rings (SSSR count). The highest BCUT2D eigenvalue weighted by molar-refractivity contribution is 5.44. The van der Waals surface area contributed by atoms with Crippen LogP contribution in [0.4, 0.5) is 5.82 Å². The van der Waals surface area contributed by atoms with Crippen LogP contribution in [0.2, 0.25) is 0 Å². The van der Waals surface area contributed by atoms with Crippen molar-refractivity contribution in [1.29, 1.82) is 0 Å². The lowest BCUT2D eigenvalue weighted by Gasteiger charge is -2.21. The van der Waals surface area contributed by atoms with Gasteiger partial charge in [-0.05, 0) is 36.5 Å². The van der Waals surface area contributed by atoms with E-state index >= 15 is 0 Å². The molecule has 1 aromatic heterocycles. The summed E-state index contributed by atoms with van der Waals surface area (Å²) in [6, 6.07) is 3.93. The zero-order valence-corrected chi connectivity index (χ0v) is 10.3. The Bertz CT molecular complexity index is 388. The molecule has 1 aromatic rings. The Kier molecular flexibility index (Phi) is 2.89. The van der Waals surface area contributed by atoms with Crippen LogP contribution in [0.3, 0.4) is 0 Å². The molecule has 0 saturated carbocycles. The summed E-state index contributed by atoms with van der Waals surface area (Å²) in [6.07, 6.45) is 1.21. The van der Waals surface area contributed by atoms with Gasteiger partial charge < -0.3 is 10.0 Å². The standard InChI is InChI=1S/C13H20N2O/c1-10-6-11(8-16)7-12(14-10)15-5-4-13(2,3)9-15/h6-7,16H,4-5,8-9H2,1-3H3. The molecule has 0 bridgehead atoms. The second kappa shape index (κ2) is 4.06. The Labute approximate surface area is 97.1 Å². The van der Waals surface area contributed by atoms with Crippen LogP contribution >= 0.6 is 0 Å². The van der Waals surface area contributed by atoms with E-state index < -0.39 is 0 Å². The van der Waals surface area contributed by atoms with Gasteiger partial charge in [-0.3, -0.25) is 0 Å². The zero-order valence-electron chi connectivity index (χ0n) is 10.3. The summed E-state index contributed by atoms with van der Waals surface area (Å²) in [5, 5.41) is 9.19. The Morgan fingerprint density at radius 3 is 2.75 bits per heavy atom. The second-order valence-electron chi connectivity index (χ2n) is 5.47. The van der Waals surface area contributed by atoms with Gasteiger partial charge >= 0.3 is 0 Å². The minimum Gasteiger partial charge on any atom is -0.392 e. The van der Waals surface area contributed by atoms with Crippen molar-refractivity contribution in [2.24, 2.45) is 5.41 Å². The van der Waals surface area contributed by atoms with Crippen molar-refractivity contribution in [3.05, 3.63) is 23.4 Å². The molecule has 0 aliphatic carbocycles. The maximum Gasteiger partial charge on any atom is 0.129 e. The van der Waals surface area contributed by atoms with Gasteiger partial charge in [0.15, 0.2) is 0 Å². The summed E-state index contributed by atoms with van der Waals surface area (Å²) < 4.78 is 0. The molecule has 3 nitrogen and oxygen atoms in total.